The van der Waals surface area contributed by atoms with Gasteiger partial charge in [-0.25, -0.2) is 14.8 Å². The number of amides is 3. The summed E-state index contributed by atoms with van der Waals surface area (Å²) in [5.41, 5.74) is 2.02. The van der Waals surface area contributed by atoms with Crippen LogP contribution in [0.4, 0.5) is 10.7 Å². The number of piperazine rings is 1. The van der Waals surface area contributed by atoms with Gasteiger partial charge in [0.15, 0.2) is 6.04 Å². The van der Waals surface area contributed by atoms with Gasteiger partial charge in [-0.05, 0) is 51.5 Å². The molecule has 2 fully saturated rings. The summed E-state index contributed by atoms with van der Waals surface area (Å²) < 4.78 is 0. The highest BCUT2D eigenvalue weighted by Crippen LogP contribution is 2.33. The zero-order valence-electron chi connectivity index (χ0n) is 17.4. The Hall–Kier alpha value is -2.42. The van der Waals surface area contributed by atoms with Crippen LogP contribution in [0.2, 0.25) is 0 Å². The zero-order chi connectivity index (χ0) is 20.5. The molecule has 3 amide bonds. The van der Waals surface area contributed by atoms with Crippen molar-refractivity contribution in [1.82, 2.24) is 19.8 Å². The topological polar surface area (TPSA) is 94.4 Å². The molecule has 4 rings (SSSR count). The molecule has 1 saturated carbocycles. The van der Waals surface area contributed by atoms with Gasteiger partial charge in [0.1, 0.15) is 0 Å². The smallest absolute Gasteiger partial charge is 0.338 e. The van der Waals surface area contributed by atoms with Gasteiger partial charge < -0.3 is 4.90 Å². The van der Waals surface area contributed by atoms with Gasteiger partial charge in [0.25, 0.3) is 5.91 Å². The quantitative estimate of drug-likeness (QED) is 0.773. The molecule has 0 N–H and O–H groups in total. The van der Waals surface area contributed by atoms with E-state index in [1.54, 1.807) is 0 Å². The number of carbonyl (C=O) groups excluding carboxylic acids is 2. The second kappa shape index (κ2) is 8.14. The predicted molar refractivity (Wildman–Crippen MR) is 108 cm³/mol. The van der Waals surface area contributed by atoms with E-state index in [1.165, 1.54) is 7.05 Å². The molecule has 9 heteroatoms. The molecule has 1 aromatic heterocycles. The molecule has 1 aromatic rings. The van der Waals surface area contributed by atoms with Crippen LogP contribution in [0.15, 0.2) is 16.3 Å². The number of aromatic nitrogens is 2. The number of urea groups is 1. The normalized spacial score (nSPS) is 28.9. The molecular formula is C20H29N7O2. The second-order valence-corrected chi connectivity index (χ2v) is 8.38. The number of hydrogen-bond donors (Lipinski definition) is 0. The maximum atomic E-state index is 12.4. The molecule has 2 aliphatic heterocycles. The molecule has 156 valence electrons. The maximum Gasteiger partial charge on any atom is 0.368 e. The van der Waals surface area contributed by atoms with Crippen LogP contribution in [-0.4, -0.2) is 77.0 Å². The highest BCUT2D eigenvalue weighted by Gasteiger charge is 2.39. The Balaban J connectivity index is 1.30. The summed E-state index contributed by atoms with van der Waals surface area (Å²) in [6, 6.07) is 1.49. The van der Waals surface area contributed by atoms with E-state index < -0.39 is 12.1 Å². The monoisotopic (exact) mass is 399 g/mol. The average molecular weight is 399 g/mol. The van der Waals surface area contributed by atoms with Crippen molar-refractivity contribution in [1.29, 1.82) is 0 Å². The van der Waals surface area contributed by atoms with Crippen molar-refractivity contribution < 1.29 is 9.59 Å². The van der Waals surface area contributed by atoms with Gasteiger partial charge in [-0.2, -0.15) is 5.11 Å². The van der Waals surface area contributed by atoms with Crippen LogP contribution in [-0.2, 0) is 4.79 Å². The lowest BCUT2D eigenvalue weighted by Gasteiger charge is -2.42. The molecule has 3 heterocycles. The fourth-order valence-corrected chi connectivity index (χ4v) is 4.73. The van der Waals surface area contributed by atoms with E-state index in [-0.39, 0.29) is 11.8 Å². The minimum atomic E-state index is -0.564. The number of aryl methyl sites for hydroxylation is 2. The predicted octanol–water partition coefficient (Wildman–Crippen LogP) is 2.19. The van der Waals surface area contributed by atoms with Crippen LogP contribution in [0.1, 0.15) is 37.1 Å². The van der Waals surface area contributed by atoms with Gasteiger partial charge in [0, 0.05) is 50.7 Å². The molecule has 0 aromatic carbocycles. The Morgan fingerprint density at radius 1 is 0.931 bits per heavy atom. The molecule has 3 aliphatic rings. The molecule has 0 spiro atoms. The van der Waals surface area contributed by atoms with Crippen molar-refractivity contribution in [3.8, 4) is 0 Å². The minimum Gasteiger partial charge on any atom is -0.338 e. The molecule has 1 saturated heterocycles. The number of azo groups is 1. The Kier molecular flexibility index (Phi) is 5.58. The molecule has 0 bridgehead atoms. The summed E-state index contributed by atoms with van der Waals surface area (Å²) in [5.74, 6) is 0.809. The first kappa shape index (κ1) is 19.9. The van der Waals surface area contributed by atoms with Crippen molar-refractivity contribution in [3.05, 3.63) is 17.5 Å². The largest absolute Gasteiger partial charge is 0.368 e. The van der Waals surface area contributed by atoms with Crippen LogP contribution in [0, 0.1) is 19.8 Å². The third kappa shape index (κ3) is 4.14. The van der Waals surface area contributed by atoms with Gasteiger partial charge in [-0.1, -0.05) is 5.11 Å². The summed E-state index contributed by atoms with van der Waals surface area (Å²) in [6.07, 6.45) is 4.01. The van der Waals surface area contributed by atoms with Crippen molar-refractivity contribution in [2.24, 2.45) is 16.1 Å². The molecule has 9 nitrogen and oxygen atoms in total. The van der Waals surface area contributed by atoms with E-state index in [0.29, 0.717) is 6.04 Å². The second-order valence-electron chi connectivity index (χ2n) is 8.38. The summed E-state index contributed by atoms with van der Waals surface area (Å²) in [7, 11) is 1.49. The van der Waals surface area contributed by atoms with Crippen LogP contribution in [0.5, 0.6) is 0 Å². The Bertz CT molecular complexity index is 791. The summed E-state index contributed by atoms with van der Waals surface area (Å²) in [4.78, 5) is 39.0. The third-order valence-electron chi connectivity index (χ3n) is 6.41. The van der Waals surface area contributed by atoms with Gasteiger partial charge >= 0.3 is 6.03 Å². The molecule has 29 heavy (non-hydrogen) atoms. The summed E-state index contributed by atoms with van der Waals surface area (Å²) in [6.45, 7) is 7.90. The summed E-state index contributed by atoms with van der Waals surface area (Å²) >= 11 is 0. The van der Waals surface area contributed by atoms with Crippen LogP contribution in [0.3, 0.4) is 0 Å². The molecule has 1 atom stereocenters. The number of imide groups is 1. The van der Waals surface area contributed by atoms with Gasteiger partial charge in [0.2, 0.25) is 5.95 Å². The van der Waals surface area contributed by atoms with E-state index in [9.17, 15) is 9.59 Å². The van der Waals surface area contributed by atoms with E-state index >= 15 is 0 Å². The standard InChI is InChI=1S/C20H29N7O2/c1-13-12-14(2)22-19(21-13)27-10-8-26(9-11-27)16-6-4-15(5-7-16)17-18(28)25(3)20(29)24-23-17/h12,15-17H,4-11H2,1-3H3. The number of hydrogen-bond acceptors (Lipinski definition) is 7. The minimum absolute atomic E-state index is 0.183. The number of nitrogens with zero attached hydrogens (tertiary/aromatic N) is 7. The van der Waals surface area contributed by atoms with Crippen LogP contribution in [0.25, 0.3) is 0 Å². The van der Waals surface area contributed by atoms with Gasteiger partial charge in [-0.15, -0.1) is 0 Å². The molecule has 0 radical (unpaired) electrons. The van der Waals surface area contributed by atoms with E-state index in [0.717, 1.165) is 74.1 Å². The Morgan fingerprint density at radius 2 is 1.55 bits per heavy atom. The molecule has 1 unspecified atom stereocenters. The number of carbonyl (C=O) groups is 2. The summed E-state index contributed by atoms with van der Waals surface area (Å²) in [5, 5.41) is 7.65. The van der Waals surface area contributed by atoms with Gasteiger partial charge in [0.05, 0.1) is 0 Å². The van der Waals surface area contributed by atoms with E-state index in [2.05, 4.69) is 30.0 Å². The van der Waals surface area contributed by atoms with Crippen molar-refractivity contribution in [2.75, 3.05) is 38.1 Å². The number of rotatable bonds is 3. The highest BCUT2D eigenvalue weighted by molar-refractivity contribution is 5.98. The first-order valence-corrected chi connectivity index (χ1v) is 10.5. The van der Waals surface area contributed by atoms with Crippen LogP contribution >= 0.6 is 0 Å². The third-order valence-corrected chi connectivity index (χ3v) is 6.41. The Labute approximate surface area is 171 Å². The van der Waals surface area contributed by atoms with Crippen molar-refractivity contribution in [2.45, 2.75) is 51.6 Å². The fourth-order valence-electron chi connectivity index (χ4n) is 4.73. The highest BCUT2D eigenvalue weighted by atomic mass is 16.2. The first-order valence-electron chi connectivity index (χ1n) is 10.5. The SMILES string of the molecule is Cc1cc(C)nc(N2CCN(C3CCC(C4N=NC(=O)N(C)C4=O)CC3)CC2)n1. The fraction of sp³-hybridized carbons (Fsp3) is 0.700. The van der Waals surface area contributed by atoms with E-state index in [1.807, 2.05) is 19.9 Å². The average Bonchev–Trinajstić information content (AvgIpc) is 2.72. The van der Waals surface area contributed by atoms with Gasteiger partial charge in [-0.3, -0.25) is 14.6 Å². The van der Waals surface area contributed by atoms with Crippen LogP contribution < -0.4 is 4.90 Å². The lowest BCUT2D eigenvalue weighted by atomic mass is 9.80. The number of likely N-dealkylation sites (N-methyl/N-ethyl adjacent to an activating group) is 1. The maximum absolute atomic E-state index is 12.4. The first-order chi connectivity index (χ1) is 13.9. The molecular weight excluding hydrogens is 370 g/mol. The van der Waals surface area contributed by atoms with E-state index in [4.69, 9.17) is 0 Å². The molecule has 1 aliphatic carbocycles. The lowest BCUT2D eigenvalue weighted by molar-refractivity contribution is -0.131. The zero-order valence-corrected chi connectivity index (χ0v) is 17.4. The van der Waals surface area contributed by atoms with Crippen molar-refractivity contribution in [3.63, 3.8) is 0 Å². The van der Waals surface area contributed by atoms with Crippen molar-refractivity contribution >= 4 is 17.9 Å². The Morgan fingerprint density at radius 3 is 2.17 bits per heavy atom. The number of anilines is 1. The lowest BCUT2D eigenvalue weighted by Crippen LogP contribution is -2.52.